The minimum Gasteiger partial charge on any atom is -0.383 e. The molecule has 7 nitrogen and oxygen atoms in total. The average Bonchev–Trinajstić information content (AvgIpc) is 2.91. The minimum absolute atomic E-state index is 0.220. The Bertz CT molecular complexity index is 537. The first kappa shape index (κ1) is 15.2. The molecule has 0 aromatic carbocycles. The highest BCUT2D eigenvalue weighted by molar-refractivity contribution is 5.78. The zero-order valence-corrected chi connectivity index (χ0v) is 13.0. The first-order chi connectivity index (χ1) is 10.8. The molecule has 3 heterocycles. The van der Waals surface area contributed by atoms with Crippen molar-refractivity contribution < 1.29 is 9.53 Å². The fourth-order valence-corrected chi connectivity index (χ4v) is 3.09. The standard InChI is InChI=1S/C15H23N5O2/c1-22-5-4-20-9-11(6-14(20)21)7-17-15-12-2-3-16-8-13(12)18-10-19-15/h10-11,16H,2-9H2,1H3,(H,17,18,19)/t11-/m1/s1. The third-order valence-corrected chi connectivity index (χ3v) is 4.30. The lowest BCUT2D eigenvalue weighted by atomic mass is 10.1. The second-order valence-corrected chi connectivity index (χ2v) is 5.86. The number of ether oxygens (including phenoxy) is 1. The normalized spacial score (nSPS) is 21.0. The zero-order chi connectivity index (χ0) is 15.4. The number of amides is 1. The second kappa shape index (κ2) is 7.02. The van der Waals surface area contributed by atoms with Crippen molar-refractivity contribution in [1.82, 2.24) is 20.2 Å². The van der Waals surface area contributed by atoms with Crippen molar-refractivity contribution in [3.63, 3.8) is 0 Å². The van der Waals surface area contributed by atoms with E-state index in [0.717, 1.165) is 44.1 Å². The Morgan fingerprint density at radius 3 is 3.27 bits per heavy atom. The summed E-state index contributed by atoms with van der Waals surface area (Å²) in [5.41, 5.74) is 2.29. The van der Waals surface area contributed by atoms with Crippen molar-refractivity contribution >= 4 is 11.7 Å². The maximum absolute atomic E-state index is 11.9. The molecule has 2 aliphatic heterocycles. The summed E-state index contributed by atoms with van der Waals surface area (Å²) in [7, 11) is 1.66. The number of nitrogens with one attached hydrogen (secondary N) is 2. The third-order valence-electron chi connectivity index (χ3n) is 4.30. The van der Waals surface area contributed by atoms with Gasteiger partial charge in [0.1, 0.15) is 12.1 Å². The lowest BCUT2D eigenvalue weighted by Gasteiger charge is -2.20. The Labute approximate surface area is 130 Å². The van der Waals surface area contributed by atoms with Crippen LogP contribution in [0.3, 0.4) is 0 Å². The number of hydrogen-bond donors (Lipinski definition) is 2. The molecule has 0 saturated carbocycles. The second-order valence-electron chi connectivity index (χ2n) is 5.86. The van der Waals surface area contributed by atoms with Gasteiger partial charge in [-0.1, -0.05) is 0 Å². The van der Waals surface area contributed by atoms with Gasteiger partial charge in [0.05, 0.1) is 12.3 Å². The van der Waals surface area contributed by atoms with Crippen LogP contribution in [0.1, 0.15) is 17.7 Å². The van der Waals surface area contributed by atoms with Gasteiger partial charge in [0.15, 0.2) is 0 Å². The number of likely N-dealkylation sites (tertiary alicyclic amines) is 1. The highest BCUT2D eigenvalue weighted by Crippen LogP contribution is 2.21. The van der Waals surface area contributed by atoms with E-state index in [2.05, 4.69) is 20.6 Å². The van der Waals surface area contributed by atoms with Gasteiger partial charge in [-0.05, 0) is 13.0 Å². The number of nitrogens with zero attached hydrogens (tertiary/aromatic N) is 3. The number of carbonyl (C=O) groups is 1. The maximum atomic E-state index is 11.9. The first-order valence-electron chi connectivity index (χ1n) is 7.82. The Morgan fingerprint density at radius 2 is 2.41 bits per heavy atom. The summed E-state index contributed by atoms with van der Waals surface area (Å²) in [5.74, 6) is 1.48. The SMILES string of the molecule is COCCN1C[C@@H](CNc2ncnc3c2CCNC3)CC1=O. The lowest BCUT2D eigenvalue weighted by Crippen LogP contribution is -2.29. The largest absolute Gasteiger partial charge is 0.383 e. The summed E-state index contributed by atoms with van der Waals surface area (Å²) in [4.78, 5) is 22.5. The van der Waals surface area contributed by atoms with Crippen molar-refractivity contribution in [2.45, 2.75) is 19.4 Å². The number of fused-ring (bicyclic) bond motifs is 1. The predicted octanol–water partition coefficient (Wildman–Crippen LogP) is 0.0291. The van der Waals surface area contributed by atoms with Crippen LogP contribution in [-0.2, 0) is 22.5 Å². The van der Waals surface area contributed by atoms with E-state index in [1.54, 1.807) is 13.4 Å². The predicted molar refractivity (Wildman–Crippen MR) is 82.5 cm³/mol. The molecule has 0 spiro atoms. The average molecular weight is 305 g/mol. The molecular formula is C15H23N5O2. The van der Waals surface area contributed by atoms with E-state index >= 15 is 0 Å². The number of anilines is 1. The van der Waals surface area contributed by atoms with Crippen molar-refractivity contribution in [1.29, 1.82) is 0 Å². The van der Waals surface area contributed by atoms with Gasteiger partial charge in [-0.25, -0.2) is 9.97 Å². The Kier molecular flexibility index (Phi) is 4.84. The molecular weight excluding hydrogens is 282 g/mol. The molecule has 2 aliphatic rings. The van der Waals surface area contributed by atoms with Gasteiger partial charge in [0.25, 0.3) is 0 Å². The van der Waals surface area contributed by atoms with E-state index in [1.807, 2.05) is 4.90 Å². The maximum Gasteiger partial charge on any atom is 0.223 e. The van der Waals surface area contributed by atoms with E-state index in [-0.39, 0.29) is 5.91 Å². The molecule has 1 fully saturated rings. The van der Waals surface area contributed by atoms with Crippen LogP contribution in [0.25, 0.3) is 0 Å². The zero-order valence-electron chi connectivity index (χ0n) is 13.0. The van der Waals surface area contributed by atoms with Crippen LogP contribution in [-0.4, -0.2) is 60.7 Å². The van der Waals surface area contributed by atoms with Gasteiger partial charge in [0, 0.05) is 51.2 Å². The molecule has 0 bridgehead atoms. The summed E-state index contributed by atoms with van der Waals surface area (Å²) in [6.07, 6.45) is 3.16. The number of methoxy groups -OCH3 is 1. The summed E-state index contributed by atoms with van der Waals surface area (Å²) >= 11 is 0. The molecule has 0 unspecified atom stereocenters. The van der Waals surface area contributed by atoms with Crippen LogP contribution in [0.2, 0.25) is 0 Å². The Hall–Kier alpha value is -1.73. The van der Waals surface area contributed by atoms with Crippen LogP contribution in [0.5, 0.6) is 0 Å². The van der Waals surface area contributed by atoms with Crippen molar-refractivity contribution in [3.05, 3.63) is 17.6 Å². The molecule has 0 aliphatic carbocycles. The number of aromatic nitrogens is 2. The van der Waals surface area contributed by atoms with E-state index in [4.69, 9.17) is 4.74 Å². The summed E-state index contributed by atoms with van der Waals surface area (Å²) in [6.45, 7) is 4.61. The smallest absolute Gasteiger partial charge is 0.223 e. The van der Waals surface area contributed by atoms with Crippen molar-refractivity contribution in [2.75, 3.05) is 45.2 Å². The highest BCUT2D eigenvalue weighted by Gasteiger charge is 2.29. The van der Waals surface area contributed by atoms with E-state index in [9.17, 15) is 4.79 Å². The van der Waals surface area contributed by atoms with Gasteiger partial charge in [-0.2, -0.15) is 0 Å². The van der Waals surface area contributed by atoms with E-state index in [0.29, 0.717) is 25.5 Å². The fourth-order valence-electron chi connectivity index (χ4n) is 3.09. The van der Waals surface area contributed by atoms with Crippen molar-refractivity contribution in [3.8, 4) is 0 Å². The van der Waals surface area contributed by atoms with Crippen LogP contribution < -0.4 is 10.6 Å². The molecule has 120 valence electrons. The van der Waals surface area contributed by atoms with Crippen LogP contribution >= 0.6 is 0 Å². The number of hydrogen-bond acceptors (Lipinski definition) is 6. The summed E-state index contributed by atoms with van der Waals surface area (Å²) in [5, 5.41) is 6.74. The van der Waals surface area contributed by atoms with Gasteiger partial charge in [-0.15, -0.1) is 0 Å². The van der Waals surface area contributed by atoms with E-state index < -0.39 is 0 Å². The molecule has 22 heavy (non-hydrogen) atoms. The van der Waals surface area contributed by atoms with Gasteiger partial charge < -0.3 is 20.3 Å². The van der Waals surface area contributed by atoms with Gasteiger partial charge >= 0.3 is 0 Å². The molecule has 1 amide bonds. The molecule has 1 aromatic rings. The molecule has 1 atom stereocenters. The van der Waals surface area contributed by atoms with Crippen molar-refractivity contribution in [2.24, 2.45) is 5.92 Å². The number of rotatable bonds is 6. The fraction of sp³-hybridized carbons (Fsp3) is 0.667. The Balaban J connectivity index is 1.56. The lowest BCUT2D eigenvalue weighted by molar-refractivity contribution is -0.128. The molecule has 0 radical (unpaired) electrons. The molecule has 7 heteroatoms. The van der Waals surface area contributed by atoms with Crippen LogP contribution in [0, 0.1) is 5.92 Å². The summed E-state index contributed by atoms with van der Waals surface area (Å²) < 4.78 is 5.05. The third kappa shape index (κ3) is 3.36. The first-order valence-corrected chi connectivity index (χ1v) is 7.82. The van der Waals surface area contributed by atoms with E-state index in [1.165, 1.54) is 5.56 Å². The molecule has 1 aromatic heterocycles. The highest BCUT2D eigenvalue weighted by atomic mass is 16.5. The molecule has 3 rings (SSSR count). The van der Waals surface area contributed by atoms with Crippen LogP contribution in [0.15, 0.2) is 6.33 Å². The number of carbonyl (C=O) groups excluding carboxylic acids is 1. The topological polar surface area (TPSA) is 79.4 Å². The van der Waals surface area contributed by atoms with Gasteiger partial charge in [0.2, 0.25) is 5.91 Å². The monoisotopic (exact) mass is 305 g/mol. The summed E-state index contributed by atoms with van der Waals surface area (Å²) in [6, 6.07) is 0. The molecule has 2 N–H and O–H groups in total. The van der Waals surface area contributed by atoms with Gasteiger partial charge in [-0.3, -0.25) is 4.79 Å². The molecule has 1 saturated heterocycles. The van der Waals surface area contributed by atoms with Crippen LogP contribution in [0.4, 0.5) is 5.82 Å². The quantitative estimate of drug-likeness (QED) is 0.772. The Morgan fingerprint density at radius 1 is 1.50 bits per heavy atom. The minimum atomic E-state index is 0.220.